The second kappa shape index (κ2) is 8.81. The number of carbonyl (C=O) groups is 1. The van der Waals surface area contributed by atoms with E-state index in [1.54, 1.807) is 37.4 Å². The molecule has 24 heavy (non-hydrogen) atoms. The molecule has 0 spiro atoms. The summed E-state index contributed by atoms with van der Waals surface area (Å²) in [5, 5.41) is 3.84. The van der Waals surface area contributed by atoms with Crippen molar-refractivity contribution in [3.63, 3.8) is 0 Å². The average Bonchev–Trinajstić information content (AvgIpc) is 2.56. The highest BCUT2D eigenvalue weighted by atomic mass is 35.5. The summed E-state index contributed by atoms with van der Waals surface area (Å²) < 4.78 is 10.6. The Morgan fingerprint density at radius 2 is 1.96 bits per heavy atom. The zero-order chi connectivity index (χ0) is 17.5. The van der Waals surface area contributed by atoms with Crippen LogP contribution in [0.25, 0.3) is 0 Å². The summed E-state index contributed by atoms with van der Waals surface area (Å²) in [4.78, 5) is 12.2. The summed E-state index contributed by atoms with van der Waals surface area (Å²) in [6.45, 7) is 2.33. The largest absolute Gasteiger partial charge is 0.495 e. The van der Waals surface area contributed by atoms with Crippen LogP contribution in [0.15, 0.2) is 36.4 Å². The highest BCUT2D eigenvalue weighted by molar-refractivity contribution is 6.32. The molecule has 0 aliphatic heterocycles. The molecule has 0 atom stereocenters. The lowest BCUT2D eigenvalue weighted by molar-refractivity contribution is -0.116. The lowest BCUT2D eigenvalue weighted by atomic mass is 10.1. The minimum atomic E-state index is -0.120. The SMILES string of the molecule is CCOc1c(Cl)cccc1NC(=O)CCc1ccc(OC)c(Cl)c1. The van der Waals surface area contributed by atoms with Crippen molar-refractivity contribution in [2.75, 3.05) is 19.0 Å². The molecule has 0 saturated heterocycles. The van der Waals surface area contributed by atoms with Gasteiger partial charge in [0.2, 0.25) is 5.91 Å². The molecular weight excluding hydrogens is 349 g/mol. The van der Waals surface area contributed by atoms with E-state index in [2.05, 4.69) is 5.32 Å². The number of hydrogen-bond acceptors (Lipinski definition) is 3. The molecule has 6 heteroatoms. The Labute approximate surface area is 151 Å². The van der Waals surface area contributed by atoms with Crippen LogP contribution in [0.1, 0.15) is 18.9 Å². The van der Waals surface area contributed by atoms with Crippen molar-refractivity contribution in [3.8, 4) is 11.5 Å². The summed E-state index contributed by atoms with van der Waals surface area (Å²) in [5.74, 6) is 0.984. The Balaban J connectivity index is 1.99. The highest BCUT2D eigenvalue weighted by Crippen LogP contribution is 2.33. The van der Waals surface area contributed by atoms with Gasteiger partial charge in [0, 0.05) is 6.42 Å². The van der Waals surface area contributed by atoms with E-state index in [1.165, 1.54) is 0 Å². The molecule has 4 nitrogen and oxygen atoms in total. The van der Waals surface area contributed by atoms with Gasteiger partial charge in [-0.3, -0.25) is 4.79 Å². The molecular formula is C18H19Cl2NO3. The number of para-hydroxylation sites is 1. The quantitative estimate of drug-likeness (QED) is 0.751. The van der Waals surface area contributed by atoms with E-state index in [9.17, 15) is 4.79 Å². The zero-order valence-corrected chi connectivity index (χ0v) is 15.1. The van der Waals surface area contributed by atoms with Gasteiger partial charge < -0.3 is 14.8 Å². The number of carbonyl (C=O) groups excluding carboxylic acids is 1. The smallest absolute Gasteiger partial charge is 0.224 e. The summed E-state index contributed by atoms with van der Waals surface area (Å²) in [6, 6.07) is 10.7. The van der Waals surface area contributed by atoms with E-state index < -0.39 is 0 Å². The third kappa shape index (κ3) is 4.79. The minimum Gasteiger partial charge on any atom is -0.495 e. The van der Waals surface area contributed by atoms with Gasteiger partial charge in [-0.2, -0.15) is 0 Å². The zero-order valence-electron chi connectivity index (χ0n) is 13.6. The molecule has 2 aromatic carbocycles. The third-order valence-electron chi connectivity index (χ3n) is 3.39. The standard InChI is InChI=1S/C18H19Cl2NO3/c1-3-24-18-13(19)5-4-6-15(18)21-17(22)10-8-12-7-9-16(23-2)14(20)11-12/h4-7,9,11H,3,8,10H2,1-2H3,(H,21,22). The topological polar surface area (TPSA) is 47.6 Å². The lowest BCUT2D eigenvalue weighted by Gasteiger charge is -2.13. The molecule has 0 aliphatic rings. The molecule has 2 aromatic rings. The van der Waals surface area contributed by atoms with Crippen LogP contribution in [0.4, 0.5) is 5.69 Å². The van der Waals surface area contributed by atoms with Crippen molar-refractivity contribution >= 4 is 34.8 Å². The van der Waals surface area contributed by atoms with E-state index >= 15 is 0 Å². The van der Waals surface area contributed by atoms with Crippen molar-refractivity contribution in [3.05, 3.63) is 52.0 Å². The predicted molar refractivity (Wildman–Crippen MR) is 97.6 cm³/mol. The second-order valence-electron chi connectivity index (χ2n) is 5.07. The molecule has 0 unspecified atom stereocenters. The number of aryl methyl sites for hydroxylation is 1. The fraction of sp³-hybridized carbons (Fsp3) is 0.278. The molecule has 1 N–H and O–H groups in total. The number of methoxy groups -OCH3 is 1. The molecule has 0 aliphatic carbocycles. The third-order valence-corrected chi connectivity index (χ3v) is 3.98. The van der Waals surface area contributed by atoms with Crippen LogP contribution in [0.5, 0.6) is 11.5 Å². The summed E-state index contributed by atoms with van der Waals surface area (Å²) >= 11 is 12.2. The first-order chi connectivity index (χ1) is 11.5. The first kappa shape index (κ1) is 18.4. The Hall–Kier alpha value is -1.91. The first-order valence-electron chi connectivity index (χ1n) is 7.58. The monoisotopic (exact) mass is 367 g/mol. The molecule has 0 bridgehead atoms. The Kier molecular flexibility index (Phi) is 6.76. The Morgan fingerprint density at radius 1 is 1.17 bits per heavy atom. The number of benzene rings is 2. The van der Waals surface area contributed by atoms with Crippen LogP contribution in [0.3, 0.4) is 0 Å². The number of ether oxygens (including phenoxy) is 2. The van der Waals surface area contributed by atoms with Gasteiger partial charge in [0.1, 0.15) is 5.75 Å². The van der Waals surface area contributed by atoms with Crippen molar-refractivity contribution in [1.82, 2.24) is 0 Å². The van der Waals surface area contributed by atoms with Gasteiger partial charge in [-0.25, -0.2) is 0 Å². The molecule has 128 valence electrons. The fourth-order valence-corrected chi connectivity index (χ4v) is 2.74. The number of rotatable bonds is 7. The number of halogens is 2. The van der Waals surface area contributed by atoms with Crippen molar-refractivity contribution < 1.29 is 14.3 Å². The van der Waals surface area contributed by atoms with Gasteiger partial charge in [0.25, 0.3) is 0 Å². The predicted octanol–water partition coefficient (Wildman–Crippen LogP) is 4.97. The maximum Gasteiger partial charge on any atom is 0.224 e. The van der Waals surface area contributed by atoms with Crippen LogP contribution in [0, 0.1) is 0 Å². The van der Waals surface area contributed by atoms with E-state index in [0.29, 0.717) is 46.7 Å². The van der Waals surface area contributed by atoms with E-state index in [4.69, 9.17) is 32.7 Å². The van der Waals surface area contributed by atoms with Crippen LogP contribution in [-0.4, -0.2) is 19.6 Å². The number of hydrogen-bond donors (Lipinski definition) is 1. The summed E-state index contributed by atoms with van der Waals surface area (Å²) in [6.07, 6.45) is 0.890. The number of anilines is 1. The minimum absolute atomic E-state index is 0.120. The highest BCUT2D eigenvalue weighted by Gasteiger charge is 2.11. The lowest BCUT2D eigenvalue weighted by Crippen LogP contribution is -2.13. The average molecular weight is 368 g/mol. The van der Waals surface area contributed by atoms with Gasteiger partial charge in [0.05, 0.1) is 29.4 Å². The van der Waals surface area contributed by atoms with Gasteiger partial charge >= 0.3 is 0 Å². The maximum absolute atomic E-state index is 12.2. The maximum atomic E-state index is 12.2. The first-order valence-corrected chi connectivity index (χ1v) is 8.34. The Bertz CT molecular complexity index is 719. The van der Waals surface area contributed by atoms with E-state index in [-0.39, 0.29) is 5.91 Å². The van der Waals surface area contributed by atoms with Gasteiger partial charge in [-0.15, -0.1) is 0 Å². The molecule has 0 fully saturated rings. The molecule has 0 aromatic heterocycles. The van der Waals surface area contributed by atoms with Crippen molar-refractivity contribution in [2.45, 2.75) is 19.8 Å². The van der Waals surface area contributed by atoms with Gasteiger partial charge in [0.15, 0.2) is 5.75 Å². The van der Waals surface area contributed by atoms with E-state index in [1.807, 2.05) is 13.0 Å². The van der Waals surface area contributed by atoms with Crippen LogP contribution in [0.2, 0.25) is 10.0 Å². The van der Waals surface area contributed by atoms with Gasteiger partial charge in [-0.1, -0.05) is 35.3 Å². The van der Waals surface area contributed by atoms with Crippen LogP contribution in [-0.2, 0) is 11.2 Å². The molecule has 2 rings (SSSR count). The summed E-state index contributed by atoms with van der Waals surface area (Å²) in [5.41, 5.74) is 1.54. The molecule has 0 heterocycles. The van der Waals surface area contributed by atoms with Crippen molar-refractivity contribution in [1.29, 1.82) is 0 Å². The van der Waals surface area contributed by atoms with E-state index in [0.717, 1.165) is 5.56 Å². The van der Waals surface area contributed by atoms with Crippen LogP contribution >= 0.6 is 23.2 Å². The second-order valence-corrected chi connectivity index (χ2v) is 5.88. The normalized spacial score (nSPS) is 10.3. The van der Waals surface area contributed by atoms with Gasteiger partial charge in [-0.05, 0) is 43.2 Å². The fourth-order valence-electron chi connectivity index (χ4n) is 2.23. The molecule has 0 radical (unpaired) electrons. The van der Waals surface area contributed by atoms with Crippen LogP contribution < -0.4 is 14.8 Å². The molecule has 0 saturated carbocycles. The number of nitrogens with one attached hydrogen (secondary N) is 1. The molecule has 1 amide bonds. The van der Waals surface area contributed by atoms with Crippen molar-refractivity contribution in [2.24, 2.45) is 0 Å². The summed E-state index contributed by atoms with van der Waals surface area (Å²) in [7, 11) is 1.56. The Morgan fingerprint density at radius 3 is 2.62 bits per heavy atom. The number of amides is 1.